The van der Waals surface area contributed by atoms with Gasteiger partial charge in [0.1, 0.15) is 12.4 Å². The van der Waals surface area contributed by atoms with E-state index in [-0.39, 0.29) is 12.4 Å². The first-order valence-electron chi connectivity index (χ1n) is 5.56. The number of carbonyl (C=O) groups is 1. The molecule has 0 saturated heterocycles. The van der Waals surface area contributed by atoms with Crippen molar-refractivity contribution >= 4 is 16.7 Å². The molecule has 0 bridgehead atoms. The van der Waals surface area contributed by atoms with E-state index in [1.165, 1.54) is 12.5 Å². The van der Waals surface area contributed by atoms with Crippen molar-refractivity contribution in [3.8, 4) is 5.75 Å². The Morgan fingerprint density at radius 2 is 2.06 bits per heavy atom. The first-order valence-corrected chi connectivity index (χ1v) is 5.56. The van der Waals surface area contributed by atoms with Crippen molar-refractivity contribution in [1.82, 2.24) is 4.98 Å². The van der Waals surface area contributed by atoms with Gasteiger partial charge in [-0.3, -0.25) is 9.78 Å². The highest BCUT2D eigenvalue weighted by Crippen LogP contribution is 2.23. The third kappa shape index (κ3) is 2.61. The first-order chi connectivity index (χ1) is 8.06. The third-order valence-corrected chi connectivity index (χ3v) is 2.56. The number of rotatable bonds is 3. The van der Waals surface area contributed by atoms with Crippen LogP contribution in [0.5, 0.6) is 5.75 Å². The van der Waals surface area contributed by atoms with Crippen molar-refractivity contribution < 1.29 is 9.53 Å². The van der Waals surface area contributed by atoms with Gasteiger partial charge in [-0.25, -0.2) is 0 Å². The van der Waals surface area contributed by atoms with E-state index in [1.54, 1.807) is 0 Å². The fourth-order valence-corrected chi connectivity index (χ4v) is 1.82. The van der Waals surface area contributed by atoms with Gasteiger partial charge in [0.15, 0.2) is 5.78 Å². The molecule has 0 fully saturated rings. The van der Waals surface area contributed by atoms with Crippen molar-refractivity contribution in [1.29, 1.82) is 0 Å². The molecule has 3 heteroatoms. The number of aromatic nitrogens is 1. The van der Waals surface area contributed by atoms with Gasteiger partial charge in [0.2, 0.25) is 0 Å². The number of Topliss-reactive ketones (excluding diaryl/α,β-unsaturated/α-hetero) is 1. The first kappa shape index (κ1) is 11.6. The van der Waals surface area contributed by atoms with Crippen molar-refractivity contribution in [3.63, 3.8) is 0 Å². The van der Waals surface area contributed by atoms with Gasteiger partial charge in [-0.1, -0.05) is 0 Å². The van der Waals surface area contributed by atoms with Crippen molar-refractivity contribution in [2.24, 2.45) is 0 Å². The van der Waals surface area contributed by atoms with Gasteiger partial charge in [-0.15, -0.1) is 0 Å². The summed E-state index contributed by atoms with van der Waals surface area (Å²) in [7, 11) is 0. The quantitative estimate of drug-likeness (QED) is 0.812. The molecular formula is C14H15NO2. The predicted molar refractivity (Wildman–Crippen MR) is 67.4 cm³/mol. The van der Waals surface area contributed by atoms with Crippen LogP contribution in [0.4, 0.5) is 0 Å². The molecule has 2 rings (SSSR count). The Morgan fingerprint density at radius 1 is 1.29 bits per heavy atom. The predicted octanol–water partition coefficient (Wildman–Crippen LogP) is 2.82. The molecule has 17 heavy (non-hydrogen) atoms. The van der Waals surface area contributed by atoms with E-state index < -0.39 is 0 Å². The van der Waals surface area contributed by atoms with E-state index in [1.807, 2.05) is 38.1 Å². The molecular weight excluding hydrogens is 214 g/mol. The maximum absolute atomic E-state index is 10.9. The zero-order valence-electron chi connectivity index (χ0n) is 10.3. The molecule has 1 aromatic heterocycles. The maximum Gasteiger partial charge on any atom is 0.167 e. The van der Waals surface area contributed by atoms with Crippen LogP contribution in [0.25, 0.3) is 10.9 Å². The van der Waals surface area contributed by atoms with E-state index in [4.69, 9.17) is 4.74 Å². The van der Waals surface area contributed by atoms with E-state index in [0.717, 1.165) is 16.6 Å². The number of ether oxygens (including phenoxy) is 1. The van der Waals surface area contributed by atoms with Crippen LogP contribution in [-0.2, 0) is 4.79 Å². The lowest BCUT2D eigenvalue weighted by Gasteiger charge is -2.07. The van der Waals surface area contributed by atoms with Gasteiger partial charge in [-0.2, -0.15) is 0 Å². The number of benzene rings is 1. The van der Waals surface area contributed by atoms with Crippen LogP contribution in [0.15, 0.2) is 24.3 Å². The molecule has 1 heterocycles. The number of nitrogens with zero attached hydrogens (tertiary/aromatic N) is 1. The molecule has 0 atom stereocenters. The topological polar surface area (TPSA) is 39.2 Å². The number of hydrogen-bond donors (Lipinski definition) is 0. The minimum Gasteiger partial charge on any atom is -0.486 e. The van der Waals surface area contributed by atoms with Crippen molar-refractivity contribution in [2.45, 2.75) is 20.8 Å². The van der Waals surface area contributed by atoms with Gasteiger partial charge in [0, 0.05) is 11.1 Å². The summed E-state index contributed by atoms with van der Waals surface area (Å²) < 4.78 is 5.38. The molecule has 0 unspecified atom stereocenters. The summed E-state index contributed by atoms with van der Waals surface area (Å²) >= 11 is 0. The minimum absolute atomic E-state index is 0.0175. The summed E-state index contributed by atoms with van der Waals surface area (Å²) in [4.78, 5) is 15.3. The van der Waals surface area contributed by atoms with E-state index in [0.29, 0.717) is 5.75 Å². The number of pyridine rings is 1. The Labute approximate surface area is 100 Å². The largest absolute Gasteiger partial charge is 0.486 e. The van der Waals surface area contributed by atoms with Gasteiger partial charge >= 0.3 is 0 Å². The second-order valence-electron chi connectivity index (χ2n) is 4.25. The SMILES string of the molecule is CC(=O)COc1ccc2nc(C)cc(C)c2c1. The lowest BCUT2D eigenvalue weighted by Crippen LogP contribution is -2.06. The Kier molecular flexibility index (Phi) is 3.09. The summed E-state index contributed by atoms with van der Waals surface area (Å²) in [6, 6.07) is 7.74. The Morgan fingerprint density at radius 3 is 2.76 bits per heavy atom. The fourth-order valence-electron chi connectivity index (χ4n) is 1.82. The highest BCUT2D eigenvalue weighted by Gasteiger charge is 2.03. The highest BCUT2D eigenvalue weighted by atomic mass is 16.5. The molecule has 0 N–H and O–H groups in total. The Hall–Kier alpha value is -1.90. The number of carbonyl (C=O) groups excluding carboxylic acids is 1. The van der Waals surface area contributed by atoms with Crippen LogP contribution >= 0.6 is 0 Å². The molecule has 0 aliphatic carbocycles. The van der Waals surface area contributed by atoms with E-state index in [2.05, 4.69) is 4.98 Å². The van der Waals surface area contributed by atoms with E-state index in [9.17, 15) is 4.79 Å². The molecule has 2 aromatic rings. The van der Waals surface area contributed by atoms with Crippen LogP contribution in [0.1, 0.15) is 18.2 Å². The molecule has 1 aromatic carbocycles. The van der Waals surface area contributed by atoms with Crippen LogP contribution in [0, 0.1) is 13.8 Å². The van der Waals surface area contributed by atoms with Crippen molar-refractivity contribution in [3.05, 3.63) is 35.5 Å². The Balaban J connectivity index is 2.40. The van der Waals surface area contributed by atoms with Gasteiger partial charge in [0.25, 0.3) is 0 Å². The number of aryl methyl sites for hydroxylation is 2. The summed E-state index contributed by atoms with van der Waals surface area (Å²) in [5.74, 6) is 0.727. The van der Waals surface area contributed by atoms with E-state index >= 15 is 0 Å². The second kappa shape index (κ2) is 4.53. The highest BCUT2D eigenvalue weighted by molar-refractivity contribution is 5.84. The molecule has 88 valence electrons. The zero-order chi connectivity index (χ0) is 12.4. The van der Waals surface area contributed by atoms with Crippen LogP contribution < -0.4 is 4.74 Å². The monoisotopic (exact) mass is 229 g/mol. The van der Waals surface area contributed by atoms with Gasteiger partial charge < -0.3 is 4.74 Å². The van der Waals surface area contributed by atoms with Crippen LogP contribution in [-0.4, -0.2) is 17.4 Å². The summed E-state index contributed by atoms with van der Waals surface area (Å²) in [6.07, 6.45) is 0. The molecule has 0 saturated carbocycles. The normalized spacial score (nSPS) is 10.5. The maximum atomic E-state index is 10.9. The summed E-state index contributed by atoms with van der Waals surface area (Å²) in [5.41, 5.74) is 3.13. The lowest BCUT2D eigenvalue weighted by molar-refractivity contribution is -0.118. The third-order valence-electron chi connectivity index (χ3n) is 2.56. The molecule has 0 aliphatic heterocycles. The summed E-state index contributed by atoms with van der Waals surface area (Å²) in [6.45, 7) is 5.65. The molecule has 0 aliphatic rings. The zero-order valence-corrected chi connectivity index (χ0v) is 10.3. The summed E-state index contributed by atoms with van der Waals surface area (Å²) in [5, 5.41) is 1.07. The van der Waals surface area contributed by atoms with Crippen LogP contribution in [0.3, 0.4) is 0 Å². The molecule has 3 nitrogen and oxygen atoms in total. The van der Waals surface area contributed by atoms with Crippen molar-refractivity contribution in [2.75, 3.05) is 6.61 Å². The average molecular weight is 229 g/mol. The smallest absolute Gasteiger partial charge is 0.167 e. The van der Waals surface area contributed by atoms with Gasteiger partial charge in [-0.05, 0) is 50.6 Å². The average Bonchev–Trinajstić information content (AvgIpc) is 2.26. The standard InChI is InChI=1S/C14H15NO2/c1-9-6-10(2)15-14-5-4-12(7-13(9)14)17-8-11(3)16/h4-7H,8H2,1-3H3. The molecule has 0 radical (unpaired) electrons. The fraction of sp³-hybridized carbons (Fsp3) is 0.286. The molecule has 0 amide bonds. The number of hydrogen-bond acceptors (Lipinski definition) is 3. The minimum atomic E-state index is 0.0175. The Bertz CT molecular complexity index is 576. The van der Waals surface area contributed by atoms with Gasteiger partial charge in [0.05, 0.1) is 5.52 Å². The molecule has 0 spiro atoms. The number of ketones is 1. The second-order valence-corrected chi connectivity index (χ2v) is 4.25. The number of fused-ring (bicyclic) bond motifs is 1. The lowest BCUT2D eigenvalue weighted by atomic mass is 10.1. The van der Waals surface area contributed by atoms with Crippen LogP contribution in [0.2, 0.25) is 0 Å².